The minimum Gasteiger partial charge on any atom is -0.481 e. The second-order valence-electron chi connectivity index (χ2n) is 5.46. The van der Waals surface area contributed by atoms with E-state index in [4.69, 9.17) is 5.11 Å². The van der Waals surface area contributed by atoms with Gasteiger partial charge in [0.15, 0.2) is 0 Å². The summed E-state index contributed by atoms with van der Waals surface area (Å²) in [4.78, 5) is 28.6. The lowest BCUT2D eigenvalue weighted by molar-refractivity contribution is -0.138. The molecule has 0 aliphatic carbocycles. The summed E-state index contributed by atoms with van der Waals surface area (Å²) >= 11 is 0. The predicted octanol–water partition coefficient (Wildman–Crippen LogP) is 0.859. The summed E-state index contributed by atoms with van der Waals surface area (Å²) in [5.74, 6) is 0.377. The number of nitrogens with one attached hydrogen (secondary N) is 1. The van der Waals surface area contributed by atoms with E-state index in [9.17, 15) is 9.59 Å². The predicted molar refractivity (Wildman–Crippen MR) is 76.9 cm³/mol. The molecular weight excluding hydrogens is 272 g/mol. The van der Waals surface area contributed by atoms with Crippen LogP contribution in [0.15, 0.2) is 12.4 Å². The van der Waals surface area contributed by atoms with Gasteiger partial charge in [-0.3, -0.25) is 4.79 Å². The number of nitrogens with zero attached hydrogens (tertiary/aromatic N) is 3. The molecule has 0 spiro atoms. The van der Waals surface area contributed by atoms with Crippen LogP contribution in [0.2, 0.25) is 0 Å². The smallest absolute Gasteiger partial charge is 0.317 e. The van der Waals surface area contributed by atoms with Gasteiger partial charge in [0, 0.05) is 51.9 Å². The average molecular weight is 294 g/mol. The molecule has 0 bridgehead atoms. The number of hydrogen-bond donors (Lipinski definition) is 2. The van der Waals surface area contributed by atoms with Gasteiger partial charge in [0.25, 0.3) is 0 Å². The molecule has 0 saturated carbocycles. The Labute approximate surface area is 124 Å². The van der Waals surface area contributed by atoms with Crippen molar-refractivity contribution in [3.05, 3.63) is 18.2 Å². The molecule has 2 amide bonds. The van der Waals surface area contributed by atoms with Crippen LogP contribution in [-0.4, -0.2) is 51.2 Å². The topological polar surface area (TPSA) is 87.5 Å². The number of carboxylic acid groups (broad SMARTS) is 1. The minimum atomic E-state index is -0.757. The highest BCUT2D eigenvalue weighted by Crippen LogP contribution is 2.20. The minimum absolute atomic E-state index is 0.0713. The summed E-state index contributed by atoms with van der Waals surface area (Å²) in [6.45, 7) is 1.82. The van der Waals surface area contributed by atoms with E-state index in [1.54, 1.807) is 11.1 Å². The number of carbonyl (C=O) groups is 2. The van der Waals surface area contributed by atoms with Gasteiger partial charge in [-0.25, -0.2) is 9.78 Å². The first-order valence-electron chi connectivity index (χ1n) is 7.27. The largest absolute Gasteiger partial charge is 0.481 e. The molecule has 0 aromatic carbocycles. The standard InChI is InChI=1S/C14H22N4O3/c1-17-9-6-15-12(17)2-5-16-14(21)18-7-3-11(4-8-18)10-13(19)20/h6,9,11H,2-5,7-8,10H2,1H3,(H,16,21)(H,19,20). The number of piperidine rings is 1. The van der Waals surface area contributed by atoms with E-state index in [1.807, 2.05) is 17.8 Å². The van der Waals surface area contributed by atoms with Crippen LogP contribution in [0, 0.1) is 5.92 Å². The molecular formula is C14H22N4O3. The second-order valence-corrected chi connectivity index (χ2v) is 5.46. The lowest BCUT2D eigenvalue weighted by Gasteiger charge is -2.31. The van der Waals surface area contributed by atoms with Crippen LogP contribution in [0.25, 0.3) is 0 Å². The number of amides is 2. The van der Waals surface area contributed by atoms with Gasteiger partial charge in [-0.2, -0.15) is 0 Å². The maximum atomic E-state index is 12.0. The molecule has 21 heavy (non-hydrogen) atoms. The molecule has 0 unspecified atom stereocenters. The molecule has 1 fully saturated rings. The van der Waals surface area contributed by atoms with Crippen molar-refractivity contribution in [1.82, 2.24) is 19.8 Å². The molecule has 2 rings (SSSR count). The van der Waals surface area contributed by atoms with Crippen molar-refractivity contribution in [2.75, 3.05) is 19.6 Å². The maximum absolute atomic E-state index is 12.0. The third-order valence-corrected chi connectivity index (χ3v) is 3.91. The van der Waals surface area contributed by atoms with E-state index in [0.29, 0.717) is 26.1 Å². The normalized spacial score (nSPS) is 16.0. The molecule has 2 N–H and O–H groups in total. The molecule has 7 heteroatoms. The number of carbonyl (C=O) groups excluding carboxylic acids is 1. The zero-order valence-electron chi connectivity index (χ0n) is 12.3. The number of aromatic nitrogens is 2. The zero-order valence-corrected chi connectivity index (χ0v) is 12.3. The van der Waals surface area contributed by atoms with E-state index >= 15 is 0 Å². The maximum Gasteiger partial charge on any atom is 0.317 e. The van der Waals surface area contributed by atoms with Crippen LogP contribution >= 0.6 is 0 Å². The highest BCUT2D eigenvalue weighted by Gasteiger charge is 2.23. The monoisotopic (exact) mass is 294 g/mol. The Kier molecular flexibility index (Phi) is 5.19. The highest BCUT2D eigenvalue weighted by atomic mass is 16.4. The number of likely N-dealkylation sites (tertiary alicyclic amines) is 1. The van der Waals surface area contributed by atoms with E-state index in [0.717, 1.165) is 18.7 Å². The molecule has 0 atom stereocenters. The number of aliphatic carboxylic acids is 1. The Morgan fingerprint density at radius 3 is 2.71 bits per heavy atom. The van der Waals surface area contributed by atoms with E-state index in [1.165, 1.54) is 0 Å². The van der Waals surface area contributed by atoms with Crippen molar-refractivity contribution in [3.63, 3.8) is 0 Å². The van der Waals surface area contributed by atoms with Gasteiger partial charge in [-0.15, -0.1) is 0 Å². The van der Waals surface area contributed by atoms with Crippen LogP contribution in [-0.2, 0) is 18.3 Å². The van der Waals surface area contributed by atoms with Gasteiger partial charge in [0.05, 0.1) is 0 Å². The van der Waals surface area contributed by atoms with Crippen LogP contribution in [0.5, 0.6) is 0 Å². The van der Waals surface area contributed by atoms with Gasteiger partial charge >= 0.3 is 12.0 Å². The molecule has 1 saturated heterocycles. The molecule has 116 valence electrons. The number of imidazole rings is 1. The van der Waals surface area contributed by atoms with Crippen molar-refractivity contribution >= 4 is 12.0 Å². The van der Waals surface area contributed by atoms with Crippen molar-refractivity contribution in [1.29, 1.82) is 0 Å². The zero-order chi connectivity index (χ0) is 15.2. The Bertz CT molecular complexity index is 492. The van der Waals surface area contributed by atoms with Gasteiger partial charge < -0.3 is 19.9 Å². The fourth-order valence-electron chi connectivity index (χ4n) is 2.62. The molecule has 0 radical (unpaired) electrons. The Morgan fingerprint density at radius 1 is 1.43 bits per heavy atom. The second kappa shape index (κ2) is 7.10. The molecule has 1 aliphatic rings. The lowest BCUT2D eigenvalue weighted by atomic mass is 9.94. The quantitative estimate of drug-likeness (QED) is 0.843. The Morgan fingerprint density at radius 2 is 2.14 bits per heavy atom. The third kappa shape index (κ3) is 4.47. The van der Waals surface area contributed by atoms with Crippen LogP contribution in [0.3, 0.4) is 0 Å². The summed E-state index contributed by atoms with van der Waals surface area (Å²) in [6.07, 6.45) is 6.05. The Hall–Kier alpha value is -2.05. The number of hydrogen-bond acceptors (Lipinski definition) is 3. The summed E-state index contributed by atoms with van der Waals surface area (Å²) in [7, 11) is 1.93. The number of aryl methyl sites for hydroxylation is 1. The molecule has 1 aliphatic heterocycles. The molecule has 1 aromatic heterocycles. The number of rotatable bonds is 5. The Balaban J connectivity index is 1.68. The van der Waals surface area contributed by atoms with Gasteiger partial charge in [-0.05, 0) is 18.8 Å². The number of urea groups is 1. The van der Waals surface area contributed by atoms with Crippen molar-refractivity contribution in [2.45, 2.75) is 25.7 Å². The molecule has 1 aromatic rings. The molecule has 7 nitrogen and oxygen atoms in total. The van der Waals surface area contributed by atoms with E-state index < -0.39 is 5.97 Å². The average Bonchev–Trinajstić information content (AvgIpc) is 2.84. The fraction of sp³-hybridized carbons (Fsp3) is 0.643. The first-order chi connectivity index (χ1) is 10.1. The summed E-state index contributed by atoms with van der Waals surface area (Å²) in [5.41, 5.74) is 0. The first kappa shape index (κ1) is 15.3. The van der Waals surface area contributed by atoms with Crippen molar-refractivity contribution in [2.24, 2.45) is 13.0 Å². The van der Waals surface area contributed by atoms with Gasteiger partial charge in [0.1, 0.15) is 5.82 Å². The van der Waals surface area contributed by atoms with Crippen LogP contribution < -0.4 is 5.32 Å². The third-order valence-electron chi connectivity index (χ3n) is 3.91. The first-order valence-corrected chi connectivity index (χ1v) is 7.27. The van der Waals surface area contributed by atoms with Crippen LogP contribution in [0.4, 0.5) is 4.79 Å². The van der Waals surface area contributed by atoms with Gasteiger partial charge in [0.2, 0.25) is 0 Å². The van der Waals surface area contributed by atoms with E-state index in [-0.39, 0.29) is 18.4 Å². The lowest BCUT2D eigenvalue weighted by Crippen LogP contribution is -2.45. The fourth-order valence-corrected chi connectivity index (χ4v) is 2.62. The molecule has 2 heterocycles. The highest BCUT2D eigenvalue weighted by molar-refractivity contribution is 5.74. The van der Waals surface area contributed by atoms with Gasteiger partial charge in [-0.1, -0.05) is 0 Å². The van der Waals surface area contributed by atoms with Crippen molar-refractivity contribution in [3.8, 4) is 0 Å². The van der Waals surface area contributed by atoms with Crippen molar-refractivity contribution < 1.29 is 14.7 Å². The summed E-state index contributed by atoms with van der Waals surface area (Å²) < 4.78 is 1.93. The summed E-state index contributed by atoms with van der Waals surface area (Å²) in [6, 6.07) is -0.0713. The SMILES string of the molecule is Cn1ccnc1CCNC(=O)N1CCC(CC(=O)O)CC1. The number of carboxylic acids is 1. The summed E-state index contributed by atoms with van der Waals surface area (Å²) in [5, 5.41) is 11.7. The van der Waals surface area contributed by atoms with Crippen LogP contribution in [0.1, 0.15) is 25.1 Å². The van der Waals surface area contributed by atoms with E-state index in [2.05, 4.69) is 10.3 Å².